The standard InChI is InChI=1S/C18H29N2O.HI/c1-5-10-20(3,11-6-2)12-9-15-14-19-18-8-7-16(21-4)13-17(15)18;/h7-8,13-14,19H,5-6,9-12H2,1-4H3;1H/q+1;/p-1. The van der Waals surface area contributed by atoms with Gasteiger partial charge in [-0.05, 0) is 36.6 Å². The Kier molecular flexibility index (Phi) is 7.69. The van der Waals surface area contributed by atoms with Gasteiger partial charge in [0.1, 0.15) is 5.75 Å². The third-order valence-corrected chi connectivity index (χ3v) is 4.42. The van der Waals surface area contributed by atoms with Gasteiger partial charge in [-0.3, -0.25) is 0 Å². The summed E-state index contributed by atoms with van der Waals surface area (Å²) in [5.41, 5.74) is 2.60. The molecule has 124 valence electrons. The number of aromatic nitrogens is 1. The molecule has 3 nitrogen and oxygen atoms in total. The maximum atomic E-state index is 5.35. The summed E-state index contributed by atoms with van der Waals surface area (Å²) in [4.78, 5) is 3.38. The maximum Gasteiger partial charge on any atom is 0.119 e. The van der Waals surface area contributed by atoms with Gasteiger partial charge in [-0.25, -0.2) is 0 Å². The first kappa shape index (κ1) is 19.3. The molecule has 0 radical (unpaired) electrons. The number of ether oxygens (including phenoxy) is 1. The highest BCUT2D eigenvalue weighted by Gasteiger charge is 2.19. The summed E-state index contributed by atoms with van der Waals surface area (Å²) in [6, 6.07) is 6.26. The number of hydrogen-bond donors (Lipinski definition) is 1. The largest absolute Gasteiger partial charge is 1.00 e. The zero-order valence-electron chi connectivity index (χ0n) is 14.3. The molecule has 0 saturated heterocycles. The molecule has 0 aliphatic heterocycles. The van der Waals surface area contributed by atoms with E-state index in [1.807, 2.05) is 6.07 Å². The number of fused-ring (bicyclic) bond motifs is 1. The van der Waals surface area contributed by atoms with Crippen LogP contribution in [0.15, 0.2) is 24.4 Å². The predicted molar refractivity (Wildman–Crippen MR) is 89.9 cm³/mol. The highest BCUT2D eigenvalue weighted by molar-refractivity contribution is 5.84. The molecule has 1 aromatic carbocycles. The number of methoxy groups -OCH3 is 1. The molecule has 0 fully saturated rings. The summed E-state index contributed by atoms with van der Waals surface area (Å²) < 4.78 is 6.52. The predicted octanol–water partition coefficient (Wildman–Crippen LogP) is 0.990. The number of H-pyrrole nitrogens is 1. The fourth-order valence-corrected chi connectivity index (χ4v) is 3.30. The molecule has 22 heavy (non-hydrogen) atoms. The highest BCUT2D eigenvalue weighted by Crippen LogP contribution is 2.24. The first-order valence-electron chi connectivity index (χ1n) is 8.09. The van der Waals surface area contributed by atoms with Crippen LogP contribution in [0.1, 0.15) is 32.3 Å². The normalized spacial score (nSPS) is 11.5. The molecule has 1 heterocycles. The Morgan fingerprint density at radius 3 is 2.36 bits per heavy atom. The molecule has 4 heteroatoms. The number of aromatic amines is 1. The van der Waals surface area contributed by atoms with Gasteiger partial charge >= 0.3 is 0 Å². The molecule has 0 bridgehead atoms. The van der Waals surface area contributed by atoms with Crippen LogP contribution in [0.2, 0.25) is 0 Å². The lowest BCUT2D eigenvalue weighted by atomic mass is 10.1. The molecular formula is C18H29IN2O. The van der Waals surface area contributed by atoms with Crippen LogP contribution < -0.4 is 28.7 Å². The van der Waals surface area contributed by atoms with E-state index in [-0.39, 0.29) is 24.0 Å². The van der Waals surface area contributed by atoms with Crippen molar-refractivity contribution in [2.24, 2.45) is 0 Å². The van der Waals surface area contributed by atoms with Crippen LogP contribution in [0.25, 0.3) is 10.9 Å². The van der Waals surface area contributed by atoms with Gasteiger partial charge in [0.2, 0.25) is 0 Å². The van der Waals surface area contributed by atoms with Crippen LogP contribution in [0.5, 0.6) is 5.75 Å². The van der Waals surface area contributed by atoms with Crippen LogP contribution in [0.4, 0.5) is 0 Å². The first-order chi connectivity index (χ1) is 10.1. The Bertz CT molecular complexity index is 573. The second kappa shape index (κ2) is 8.77. The Morgan fingerprint density at radius 2 is 1.77 bits per heavy atom. The maximum absolute atomic E-state index is 5.35. The smallest absolute Gasteiger partial charge is 0.119 e. The SMILES string of the molecule is CCC[N+](C)(CCC)CCc1c[nH]c2ccc(OC)cc12.[I-]. The molecule has 0 unspecified atom stereocenters. The van der Waals surface area contributed by atoms with E-state index in [1.54, 1.807) is 7.11 Å². The van der Waals surface area contributed by atoms with E-state index >= 15 is 0 Å². The molecule has 0 amide bonds. The summed E-state index contributed by atoms with van der Waals surface area (Å²) in [5.74, 6) is 0.933. The van der Waals surface area contributed by atoms with Crippen molar-refractivity contribution >= 4 is 10.9 Å². The third-order valence-electron chi connectivity index (χ3n) is 4.42. The Labute approximate surface area is 151 Å². The van der Waals surface area contributed by atoms with E-state index in [4.69, 9.17) is 4.74 Å². The minimum atomic E-state index is 0. The zero-order chi connectivity index (χ0) is 15.3. The fourth-order valence-electron chi connectivity index (χ4n) is 3.30. The Hall–Kier alpha value is -0.750. The topological polar surface area (TPSA) is 25.0 Å². The number of quaternary nitrogens is 1. The average molecular weight is 416 g/mol. The van der Waals surface area contributed by atoms with Gasteiger partial charge in [-0.15, -0.1) is 0 Å². The van der Waals surface area contributed by atoms with Crippen molar-refractivity contribution in [2.75, 3.05) is 33.8 Å². The molecule has 0 aliphatic rings. The van der Waals surface area contributed by atoms with Crippen molar-refractivity contribution in [3.63, 3.8) is 0 Å². The number of benzene rings is 1. The Morgan fingerprint density at radius 1 is 1.09 bits per heavy atom. The number of nitrogens with one attached hydrogen (secondary N) is 1. The van der Waals surface area contributed by atoms with Crippen LogP contribution in [0.3, 0.4) is 0 Å². The van der Waals surface area contributed by atoms with E-state index in [0.717, 1.165) is 12.2 Å². The molecule has 1 N–H and O–H groups in total. The quantitative estimate of drug-likeness (QED) is 0.504. The first-order valence-corrected chi connectivity index (χ1v) is 8.09. The fraction of sp³-hybridized carbons (Fsp3) is 0.556. The van der Waals surface area contributed by atoms with Crippen molar-refractivity contribution in [3.05, 3.63) is 30.0 Å². The van der Waals surface area contributed by atoms with Crippen molar-refractivity contribution in [2.45, 2.75) is 33.1 Å². The second-order valence-corrected chi connectivity index (χ2v) is 6.27. The van der Waals surface area contributed by atoms with Crippen LogP contribution in [-0.2, 0) is 6.42 Å². The molecular weight excluding hydrogens is 387 g/mol. The van der Waals surface area contributed by atoms with Gasteiger partial charge in [-0.2, -0.15) is 0 Å². The van der Waals surface area contributed by atoms with Gasteiger partial charge in [0.05, 0.1) is 33.8 Å². The van der Waals surface area contributed by atoms with Crippen LogP contribution in [0, 0.1) is 0 Å². The summed E-state index contributed by atoms with van der Waals surface area (Å²) in [6.45, 7) is 8.29. The van der Waals surface area contributed by atoms with E-state index < -0.39 is 0 Å². The lowest BCUT2D eigenvalue weighted by Gasteiger charge is -2.34. The summed E-state index contributed by atoms with van der Waals surface area (Å²) in [5, 5.41) is 1.30. The summed E-state index contributed by atoms with van der Waals surface area (Å²) in [7, 11) is 4.12. The molecule has 0 aliphatic carbocycles. The monoisotopic (exact) mass is 416 g/mol. The van der Waals surface area contributed by atoms with Crippen LogP contribution >= 0.6 is 0 Å². The molecule has 0 spiro atoms. The number of hydrogen-bond acceptors (Lipinski definition) is 1. The molecule has 0 atom stereocenters. The lowest BCUT2D eigenvalue weighted by Crippen LogP contribution is -3.00. The van der Waals surface area contributed by atoms with Crippen molar-refractivity contribution in [3.8, 4) is 5.75 Å². The Balaban J connectivity index is 0.00000242. The summed E-state index contributed by atoms with van der Waals surface area (Å²) in [6.07, 6.45) is 5.77. The van der Waals surface area contributed by atoms with E-state index in [1.165, 1.54) is 53.4 Å². The van der Waals surface area contributed by atoms with Crippen molar-refractivity contribution in [1.29, 1.82) is 0 Å². The van der Waals surface area contributed by atoms with E-state index in [0.29, 0.717) is 0 Å². The van der Waals surface area contributed by atoms with Crippen molar-refractivity contribution < 1.29 is 33.2 Å². The van der Waals surface area contributed by atoms with Crippen LogP contribution in [-0.4, -0.2) is 43.3 Å². The van der Waals surface area contributed by atoms with Gasteiger partial charge in [0, 0.05) is 23.5 Å². The third kappa shape index (κ3) is 4.62. The summed E-state index contributed by atoms with van der Waals surface area (Å²) >= 11 is 0. The molecule has 0 saturated carbocycles. The van der Waals surface area contributed by atoms with E-state index in [2.05, 4.69) is 44.2 Å². The number of nitrogens with zero attached hydrogens (tertiary/aromatic N) is 1. The molecule has 2 aromatic rings. The zero-order valence-corrected chi connectivity index (χ0v) is 16.4. The van der Waals surface area contributed by atoms with E-state index in [9.17, 15) is 0 Å². The average Bonchev–Trinajstić information content (AvgIpc) is 2.88. The number of halogens is 1. The molecule has 1 aromatic heterocycles. The van der Waals surface area contributed by atoms with Gasteiger partial charge in [0.15, 0.2) is 0 Å². The highest BCUT2D eigenvalue weighted by atomic mass is 127. The van der Waals surface area contributed by atoms with Gasteiger partial charge in [-0.1, -0.05) is 13.8 Å². The lowest BCUT2D eigenvalue weighted by molar-refractivity contribution is -0.909. The number of rotatable bonds is 8. The van der Waals surface area contributed by atoms with Gasteiger partial charge in [0.25, 0.3) is 0 Å². The molecule has 2 rings (SSSR count). The van der Waals surface area contributed by atoms with Gasteiger partial charge < -0.3 is 38.2 Å². The second-order valence-electron chi connectivity index (χ2n) is 6.27. The van der Waals surface area contributed by atoms with Crippen molar-refractivity contribution in [1.82, 2.24) is 4.98 Å². The minimum absolute atomic E-state index is 0. The minimum Gasteiger partial charge on any atom is -1.00 e. The number of likely N-dealkylation sites (N-methyl/N-ethyl adjacent to an activating group) is 1.